The zero-order valence-corrected chi connectivity index (χ0v) is 12.3. The Morgan fingerprint density at radius 1 is 1.56 bits per heavy atom. The van der Waals surface area contributed by atoms with Crippen molar-refractivity contribution in [3.8, 4) is 0 Å². The molecule has 6 heteroatoms. The van der Waals surface area contributed by atoms with Crippen molar-refractivity contribution in [3.63, 3.8) is 0 Å². The Balaban J connectivity index is 2.49. The van der Waals surface area contributed by atoms with Crippen molar-refractivity contribution in [2.75, 3.05) is 19.6 Å². The van der Waals surface area contributed by atoms with Crippen molar-refractivity contribution in [3.05, 3.63) is 0 Å². The Kier molecular flexibility index (Phi) is 5.70. The van der Waals surface area contributed by atoms with Crippen LogP contribution >= 0.6 is 15.9 Å². The number of halogens is 1. The predicted octanol–water partition coefficient (Wildman–Crippen LogP) is 1.73. The molecule has 0 aromatic carbocycles. The van der Waals surface area contributed by atoms with Gasteiger partial charge in [0.1, 0.15) is 0 Å². The summed E-state index contributed by atoms with van der Waals surface area (Å²) in [6.07, 6.45) is 3.01. The molecule has 0 aromatic heterocycles. The molecule has 2 unspecified atom stereocenters. The third kappa shape index (κ3) is 4.31. The highest BCUT2D eigenvalue weighted by atomic mass is 79.9. The van der Waals surface area contributed by atoms with E-state index in [0.717, 1.165) is 19.3 Å². The first-order chi connectivity index (χ1) is 7.45. The lowest BCUT2D eigenvalue weighted by Gasteiger charge is -2.30. The predicted molar refractivity (Wildman–Crippen MR) is 69.9 cm³/mol. The number of rotatable bonds is 5. The summed E-state index contributed by atoms with van der Waals surface area (Å²) in [5.74, 6) is 0.469. The smallest absolute Gasteiger partial charge is 0.201 e. The van der Waals surface area contributed by atoms with Crippen LogP contribution in [0.4, 0.5) is 0 Å². The van der Waals surface area contributed by atoms with Crippen molar-refractivity contribution in [2.24, 2.45) is 5.92 Å². The summed E-state index contributed by atoms with van der Waals surface area (Å²) in [6, 6.07) is 0. The fourth-order valence-corrected chi connectivity index (χ4v) is 3.59. The van der Waals surface area contributed by atoms with Crippen LogP contribution in [-0.2, 0) is 10.2 Å². The van der Waals surface area contributed by atoms with Crippen molar-refractivity contribution >= 4 is 26.1 Å². The lowest BCUT2D eigenvalue weighted by Crippen LogP contribution is -2.46. The zero-order chi connectivity index (χ0) is 12.2. The molecular formula is C10H21BrN2O2S. The van der Waals surface area contributed by atoms with Crippen LogP contribution in [0.2, 0.25) is 0 Å². The van der Waals surface area contributed by atoms with E-state index in [1.807, 2.05) is 6.92 Å². The van der Waals surface area contributed by atoms with Gasteiger partial charge in [-0.25, -0.2) is 4.72 Å². The topological polar surface area (TPSA) is 49.4 Å². The molecule has 4 nitrogen and oxygen atoms in total. The van der Waals surface area contributed by atoms with E-state index in [0.29, 0.717) is 25.6 Å². The van der Waals surface area contributed by atoms with Gasteiger partial charge in [-0.2, -0.15) is 12.7 Å². The molecule has 1 N–H and O–H groups in total. The van der Waals surface area contributed by atoms with Crippen LogP contribution in [-0.4, -0.2) is 37.2 Å². The van der Waals surface area contributed by atoms with Crippen LogP contribution in [0.5, 0.6) is 0 Å². The maximum atomic E-state index is 11.9. The molecule has 16 heavy (non-hydrogen) atoms. The average Bonchev–Trinajstić information content (AvgIpc) is 2.26. The van der Waals surface area contributed by atoms with Gasteiger partial charge in [0.2, 0.25) is 0 Å². The number of nitrogens with zero attached hydrogens (tertiary/aromatic N) is 1. The molecule has 0 bridgehead atoms. The highest BCUT2D eigenvalue weighted by Crippen LogP contribution is 2.17. The van der Waals surface area contributed by atoms with Gasteiger partial charge in [0, 0.05) is 24.5 Å². The van der Waals surface area contributed by atoms with Gasteiger partial charge < -0.3 is 0 Å². The van der Waals surface area contributed by atoms with E-state index in [4.69, 9.17) is 0 Å². The largest absolute Gasteiger partial charge is 0.279 e. The maximum Gasteiger partial charge on any atom is 0.279 e. The van der Waals surface area contributed by atoms with E-state index in [-0.39, 0.29) is 4.83 Å². The summed E-state index contributed by atoms with van der Waals surface area (Å²) >= 11 is 3.42. The molecule has 0 amide bonds. The molecule has 96 valence electrons. The summed E-state index contributed by atoms with van der Waals surface area (Å²) in [7, 11) is -3.27. The minimum absolute atomic E-state index is 0.212. The fourth-order valence-electron chi connectivity index (χ4n) is 1.80. The number of alkyl halides is 1. The highest BCUT2D eigenvalue weighted by molar-refractivity contribution is 9.09. The molecule has 1 aliphatic rings. The van der Waals surface area contributed by atoms with Gasteiger partial charge in [0.15, 0.2) is 0 Å². The van der Waals surface area contributed by atoms with E-state index in [1.165, 1.54) is 0 Å². The third-order valence-electron chi connectivity index (χ3n) is 2.89. The van der Waals surface area contributed by atoms with Crippen LogP contribution in [0.25, 0.3) is 0 Å². The molecule has 1 aliphatic heterocycles. The molecule has 1 heterocycles. The molecule has 1 rings (SSSR count). The SMILES string of the molecule is CCC(Br)CNS(=O)(=O)N1CCCC(C)C1. The molecule has 0 aliphatic carbocycles. The van der Waals surface area contributed by atoms with Crippen molar-refractivity contribution in [1.29, 1.82) is 0 Å². The maximum absolute atomic E-state index is 11.9. The first-order valence-corrected chi connectivity index (χ1v) is 8.20. The van der Waals surface area contributed by atoms with Crippen LogP contribution < -0.4 is 4.72 Å². The molecule has 0 saturated carbocycles. The standard InChI is InChI=1S/C10H21BrN2O2S/c1-3-10(11)7-12-16(14,15)13-6-4-5-9(2)8-13/h9-10,12H,3-8H2,1-2H3. The number of hydrogen-bond donors (Lipinski definition) is 1. The lowest BCUT2D eigenvalue weighted by molar-refractivity contribution is 0.278. The molecule has 2 atom stereocenters. The zero-order valence-electron chi connectivity index (χ0n) is 9.95. The Hall–Kier alpha value is 0.350. The Bertz CT molecular complexity index is 308. The Morgan fingerprint density at radius 2 is 2.25 bits per heavy atom. The number of nitrogens with one attached hydrogen (secondary N) is 1. The third-order valence-corrected chi connectivity index (χ3v) is 5.40. The van der Waals surface area contributed by atoms with Crippen LogP contribution in [0.15, 0.2) is 0 Å². The van der Waals surface area contributed by atoms with E-state index in [9.17, 15) is 8.42 Å². The summed E-state index contributed by atoms with van der Waals surface area (Å²) in [6.45, 7) is 5.88. The minimum atomic E-state index is -3.27. The van der Waals surface area contributed by atoms with Crippen molar-refractivity contribution < 1.29 is 8.42 Å². The second kappa shape index (κ2) is 6.33. The van der Waals surface area contributed by atoms with Gasteiger partial charge in [-0.15, -0.1) is 0 Å². The molecule has 0 spiro atoms. The summed E-state index contributed by atoms with van der Waals surface area (Å²) in [5, 5.41) is 0. The lowest BCUT2D eigenvalue weighted by atomic mass is 10.0. The fraction of sp³-hybridized carbons (Fsp3) is 1.00. The highest BCUT2D eigenvalue weighted by Gasteiger charge is 2.26. The van der Waals surface area contributed by atoms with Crippen molar-refractivity contribution in [2.45, 2.75) is 37.9 Å². The van der Waals surface area contributed by atoms with Crippen molar-refractivity contribution in [1.82, 2.24) is 9.03 Å². The molecule has 0 aromatic rings. The van der Waals surface area contributed by atoms with E-state index >= 15 is 0 Å². The number of piperidine rings is 1. The van der Waals surface area contributed by atoms with Crippen LogP contribution in [0.1, 0.15) is 33.1 Å². The van der Waals surface area contributed by atoms with Gasteiger partial charge in [-0.05, 0) is 25.2 Å². The second-order valence-electron chi connectivity index (χ2n) is 4.46. The number of hydrogen-bond acceptors (Lipinski definition) is 2. The quantitative estimate of drug-likeness (QED) is 0.786. The summed E-state index contributed by atoms with van der Waals surface area (Å²) in [4.78, 5) is 0.212. The second-order valence-corrected chi connectivity index (χ2v) is 7.51. The normalized spacial score (nSPS) is 25.6. The average molecular weight is 313 g/mol. The molecule has 1 saturated heterocycles. The van der Waals surface area contributed by atoms with E-state index in [2.05, 4.69) is 27.6 Å². The van der Waals surface area contributed by atoms with E-state index in [1.54, 1.807) is 4.31 Å². The van der Waals surface area contributed by atoms with Gasteiger partial charge >= 0.3 is 0 Å². The van der Waals surface area contributed by atoms with Gasteiger partial charge in [0.05, 0.1) is 0 Å². The van der Waals surface area contributed by atoms with Crippen LogP contribution in [0, 0.1) is 5.92 Å². The molecule has 0 radical (unpaired) electrons. The van der Waals surface area contributed by atoms with Gasteiger partial charge in [-0.1, -0.05) is 29.8 Å². The monoisotopic (exact) mass is 312 g/mol. The Labute approximate surface area is 107 Å². The first kappa shape index (κ1) is 14.4. The minimum Gasteiger partial charge on any atom is -0.201 e. The van der Waals surface area contributed by atoms with Gasteiger partial charge in [0.25, 0.3) is 10.2 Å². The Morgan fingerprint density at radius 3 is 2.81 bits per heavy atom. The van der Waals surface area contributed by atoms with Crippen LogP contribution in [0.3, 0.4) is 0 Å². The summed E-state index contributed by atoms with van der Waals surface area (Å²) in [5.41, 5.74) is 0. The first-order valence-electron chi connectivity index (χ1n) is 5.84. The van der Waals surface area contributed by atoms with E-state index < -0.39 is 10.2 Å². The summed E-state index contributed by atoms with van der Waals surface area (Å²) < 4.78 is 28.1. The van der Waals surface area contributed by atoms with Gasteiger partial charge in [-0.3, -0.25) is 0 Å². The molecular weight excluding hydrogens is 292 g/mol. The molecule has 1 fully saturated rings.